The molecule has 6 nitrogen and oxygen atoms in total. The van der Waals surface area contributed by atoms with Gasteiger partial charge in [-0.1, -0.05) is 23.8 Å². The molecule has 3 rings (SSSR count). The van der Waals surface area contributed by atoms with Gasteiger partial charge in [0.25, 0.3) is 11.5 Å². The van der Waals surface area contributed by atoms with Crippen molar-refractivity contribution in [3.63, 3.8) is 0 Å². The Hall–Kier alpha value is -2.44. The highest BCUT2D eigenvalue weighted by atomic mass is 16.5. The Morgan fingerprint density at radius 1 is 1.21 bits per heavy atom. The molecule has 2 atom stereocenters. The van der Waals surface area contributed by atoms with Crippen LogP contribution in [0.15, 0.2) is 41.2 Å². The van der Waals surface area contributed by atoms with Gasteiger partial charge in [0, 0.05) is 30.9 Å². The summed E-state index contributed by atoms with van der Waals surface area (Å²) in [4.78, 5) is 30.3. The molecule has 0 bridgehead atoms. The zero-order valence-electron chi connectivity index (χ0n) is 17.9. The summed E-state index contributed by atoms with van der Waals surface area (Å²) < 4.78 is 5.80. The maximum absolute atomic E-state index is 12.7. The number of H-pyrrole nitrogens is 1. The summed E-state index contributed by atoms with van der Waals surface area (Å²) in [7, 11) is 0. The number of nitrogens with zero attached hydrogens (tertiary/aromatic N) is 1. The fourth-order valence-electron chi connectivity index (χ4n) is 3.81. The van der Waals surface area contributed by atoms with E-state index >= 15 is 0 Å². The Morgan fingerprint density at radius 2 is 1.90 bits per heavy atom. The van der Waals surface area contributed by atoms with Gasteiger partial charge in [-0.3, -0.25) is 14.5 Å². The lowest BCUT2D eigenvalue weighted by Crippen LogP contribution is -2.58. The third-order valence-corrected chi connectivity index (χ3v) is 5.44. The molecule has 2 N–H and O–H groups in total. The minimum atomic E-state index is -0.382. The molecule has 1 aliphatic rings. The predicted molar refractivity (Wildman–Crippen MR) is 115 cm³/mol. The van der Waals surface area contributed by atoms with Crippen LogP contribution < -0.4 is 10.9 Å². The number of aromatic nitrogens is 1. The highest BCUT2D eigenvalue weighted by Gasteiger charge is 2.33. The van der Waals surface area contributed by atoms with Crippen molar-refractivity contribution in [1.82, 2.24) is 15.2 Å². The van der Waals surface area contributed by atoms with Crippen molar-refractivity contribution in [3.05, 3.63) is 57.9 Å². The van der Waals surface area contributed by atoms with Crippen LogP contribution in [0.3, 0.4) is 0 Å². The molecule has 1 aliphatic heterocycles. The number of nitrogens with one attached hydrogen (secondary N) is 2. The fourth-order valence-corrected chi connectivity index (χ4v) is 3.81. The van der Waals surface area contributed by atoms with E-state index in [0.29, 0.717) is 12.2 Å². The number of benzene rings is 1. The van der Waals surface area contributed by atoms with Gasteiger partial charge in [0.1, 0.15) is 5.56 Å². The fraction of sp³-hybridized carbons (Fsp3) is 0.478. The number of hydrogen-bond donors (Lipinski definition) is 2. The summed E-state index contributed by atoms with van der Waals surface area (Å²) in [6.45, 7) is 12.4. The van der Waals surface area contributed by atoms with Crippen LogP contribution in [0.1, 0.15) is 43.6 Å². The van der Waals surface area contributed by atoms with Crippen LogP contribution in [0.2, 0.25) is 0 Å². The summed E-state index contributed by atoms with van der Waals surface area (Å²) in [5.41, 5.74) is 2.24. The van der Waals surface area contributed by atoms with Gasteiger partial charge in [-0.05, 0) is 58.4 Å². The quantitative estimate of drug-likeness (QED) is 0.813. The topological polar surface area (TPSA) is 74.4 Å². The molecular formula is C23H31N3O3. The Bertz CT molecular complexity index is 925. The summed E-state index contributed by atoms with van der Waals surface area (Å²) in [5, 5.41) is 2.93. The summed E-state index contributed by atoms with van der Waals surface area (Å²) >= 11 is 0. The van der Waals surface area contributed by atoms with Crippen LogP contribution in [0.5, 0.6) is 0 Å². The monoisotopic (exact) mass is 397 g/mol. The maximum atomic E-state index is 12.7. The molecule has 0 radical (unpaired) electrons. The van der Waals surface area contributed by atoms with E-state index in [-0.39, 0.29) is 34.8 Å². The molecule has 156 valence electrons. The molecule has 0 unspecified atom stereocenters. The van der Waals surface area contributed by atoms with Crippen LogP contribution in [0, 0.1) is 6.92 Å². The number of aromatic amines is 1. The minimum Gasteiger partial charge on any atom is -0.373 e. The van der Waals surface area contributed by atoms with Crippen LogP contribution in [0.4, 0.5) is 0 Å². The van der Waals surface area contributed by atoms with E-state index in [9.17, 15) is 9.59 Å². The van der Waals surface area contributed by atoms with Crippen molar-refractivity contribution in [2.24, 2.45) is 0 Å². The molecule has 6 heteroatoms. The van der Waals surface area contributed by atoms with Crippen LogP contribution in [-0.4, -0.2) is 53.2 Å². The number of morpholine rings is 1. The molecule has 1 aromatic heterocycles. The zero-order chi connectivity index (χ0) is 21.2. The summed E-state index contributed by atoms with van der Waals surface area (Å²) in [6.07, 6.45) is 0.316. The molecule has 29 heavy (non-hydrogen) atoms. The van der Waals surface area contributed by atoms with Crippen molar-refractivity contribution in [1.29, 1.82) is 0 Å². The van der Waals surface area contributed by atoms with Crippen molar-refractivity contribution >= 4 is 5.91 Å². The van der Waals surface area contributed by atoms with E-state index < -0.39 is 0 Å². The molecule has 0 aliphatic carbocycles. The van der Waals surface area contributed by atoms with Gasteiger partial charge in [0.2, 0.25) is 0 Å². The van der Waals surface area contributed by atoms with E-state index in [4.69, 9.17) is 4.74 Å². The van der Waals surface area contributed by atoms with Crippen molar-refractivity contribution in [2.45, 2.75) is 52.4 Å². The molecule has 1 fully saturated rings. The smallest absolute Gasteiger partial charge is 0.261 e. The Kier molecular flexibility index (Phi) is 6.24. The Balaban J connectivity index is 1.68. The molecular weight excluding hydrogens is 366 g/mol. The molecule has 1 saturated heterocycles. The minimum absolute atomic E-state index is 0.126. The lowest BCUT2D eigenvalue weighted by molar-refractivity contribution is -0.0948. The number of hydrogen-bond acceptors (Lipinski definition) is 4. The third kappa shape index (κ3) is 5.14. The van der Waals surface area contributed by atoms with E-state index in [1.165, 1.54) is 0 Å². The number of carbonyl (C=O) groups excluding carboxylic acids is 1. The van der Waals surface area contributed by atoms with Crippen molar-refractivity contribution < 1.29 is 9.53 Å². The highest BCUT2D eigenvalue weighted by molar-refractivity contribution is 5.94. The van der Waals surface area contributed by atoms with Gasteiger partial charge < -0.3 is 15.0 Å². The molecule has 0 spiro atoms. The lowest BCUT2D eigenvalue weighted by atomic mass is 10.00. The van der Waals surface area contributed by atoms with Crippen LogP contribution in [-0.2, 0) is 4.74 Å². The van der Waals surface area contributed by atoms with Crippen molar-refractivity contribution in [2.75, 3.05) is 19.6 Å². The van der Waals surface area contributed by atoms with Gasteiger partial charge in [0.05, 0.1) is 12.2 Å². The van der Waals surface area contributed by atoms with Crippen LogP contribution in [0.25, 0.3) is 11.3 Å². The molecule has 2 aromatic rings. The SMILES string of the molecule is Cc1cccc(-c2ccc(C(=O)NCC(C)(C)N3C[C@H](C)O[C@@H](C)C3)c(=O)[nH]2)c1. The number of rotatable bonds is 5. The number of aryl methyl sites for hydroxylation is 1. The van der Waals surface area contributed by atoms with E-state index in [0.717, 1.165) is 24.2 Å². The predicted octanol–water partition coefficient (Wildman–Crippen LogP) is 2.97. The maximum Gasteiger partial charge on any atom is 0.261 e. The van der Waals surface area contributed by atoms with Gasteiger partial charge >= 0.3 is 0 Å². The van der Waals surface area contributed by atoms with E-state index in [2.05, 4.69) is 42.9 Å². The molecule has 1 aromatic carbocycles. The lowest BCUT2D eigenvalue weighted by Gasteiger charge is -2.45. The van der Waals surface area contributed by atoms with Crippen molar-refractivity contribution in [3.8, 4) is 11.3 Å². The second-order valence-corrected chi connectivity index (χ2v) is 8.64. The number of ether oxygens (including phenoxy) is 1. The first-order chi connectivity index (χ1) is 13.7. The first-order valence-electron chi connectivity index (χ1n) is 10.1. The second-order valence-electron chi connectivity index (χ2n) is 8.64. The summed E-state index contributed by atoms with van der Waals surface area (Å²) in [5.74, 6) is -0.357. The normalized spacial score (nSPS) is 20.4. The average Bonchev–Trinajstić information content (AvgIpc) is 2.65. The first kappa shape index (κ1) is 21.3. The first-order valence-corrected chi connectivity index (χ1v) is 10.1. The van der Waals surface area contributed by atoms with Gasteiger partial charge in [-0.25, -0.2) is 0 Å². The number of carbonyl (C=O) groups is 1. The number of amides is 1. The number of pyridine rings is 1. The average molecular weight is 398 g/mol. The Morgan fingerprint density at radius 3 is 2.52 bits per heavy atom. The van der Waals surface area contributed by atoms with Gasteiger partial charge in [-0.2, -0.15) is 0 Å². The highest BCUT2D eigenvalue weighted by Crippen LogP contribution is 2.21. The van der Waals surface area contributed by atoms with E-state index in [1.54, 1.807) is 12.1 Å². The van der Waals surface area contributed by atoms with Crippen LogP contribution >= 0.6 is 0 Å². The van der Waals surface area contributed by atoms with Gasteiger partial charge in [-0.15, -0.1) is 0 Å². The largest absolute Gasteiger partial charge is 0.373 e. The third-order valence-electron chi connectivity index (χ3n) is 5.44. The van der Waals surface area contributed by atoms with E-state index in [1.807, 2.05) is 31.2 Å². The second kappa shape index (κ2) is 8.51. The molecule has 2 heterocycles. The van der Waals surface area contributed by atoms with Gasteiger partial charge in [0.15, 0.2) is 0 Å². The Labute approximate surface area is 172 Å². The molecule has 1 amide bonds. The molecule has 0 saturated carbocycles. The zero-order valence-corrected chi connectivity index (χ0v) is 17.9. The standard InChI is InChI=1S/C23H31N3O3/c1-15-7-6-8-18(11-15)20-10-9-19(22(28)25-20)21(27)24-14-23(4,5)26-12-16(2)29-17(3)13-26/h6-11,16-17H,12-14H2,1-5H3,(H,24,27)(H,25,28)/t16-,17-/m0/s1. The summed E-state index contributed by atoms with van der Waals surface area (Å²) in [6, 6.07) is 11.3.